The summed E-state index contributed by atoms with van der Waals surface area (Å²) in [5.41, 5.74) is 0. The van der Waals surface area contributed by atoms with Gasteiger partial charge in [-0.25, -0.2) is 0 Å². The fourth-order valence-corrected chi connectivity index (χ4v) is 2.63. The van der Waals surface area contributed by atoms with Crippen LogP contribution in [-0.2, 0) is 11.3 Å². The number of rotatable bonds is 9. The van der Waals surface area contributed by atoms with Gasteiger partial charge in [0.15, 0.2) is 0 Å². The Morgan fingerprint density at radius 3 is 2.88 bits per heavy atom. The SMILES string of the molecule is CCOCCNCCN(C)Cc1ccc(Cl)s1. The average molecular weight is 277 g/mol. The minimum absolute atomic E-state index is 0.792. The van der Waals surface area contributed by atoms with Crippen LogP contribution in [0.3, 0.4) is 0 Å². The van der Waals surface area contributed by atoms with Crippen LogP contribution < -0.4 is 5.32 Å². The fraction of sp³-hybridized carbons (Fsp3) is 0.667. The second kappa shape index (κ2) is 8.89. The number of thiophene rings is 1. The summed E-state index contributed by atoms with van der Waals surface area (Å²) in [7, 11) is 2.12. The fourth-order valence-electron chi connectivity index (χ4n) is 1.47. The predicted molar refractivity (Wildman–Crippen MR) is 75.0 cm³/mol. The number of hydrogen-bond acceptors (Lipinski definition) is 4. The summed E-state index contributed by atoms with van der Waals surface area (Å²) < 4.78 is 6.11. The largest absolute Gasteiger partial charge is 0.380 e. The highest BCUT2D eigenvalue weighted by Crippen LogP contribution is 2.22. The average Bonchev–Trinajstić information content (AvgIpc) is 2.69. The topological polar surface area (TPSA) is 24.5 Å². The highest BCUT2D eigenvalue weighted by atomic mass is 35.5. The van der Waals surface area contributed by atoms with Crippen molar-refractivity contribution in [2.45, 2.75) is 13.5 Å². The molecule has 1 aromatic heterocycles. The summed E-state index contributed by atoms with van der Waals surface area (Å²) in [5.74, 6) is 0. The van der Waals surface area contributed by atoms with E-state index in [-0.39, 0.29) is 0 Å². The smallest absolute Gasteiger partial charge is 0.0931 e. The predicted octanol–water partition coefficient (Wildman–Crippen LogP) is 2.46. The van der Waals surface area contributed by atoms with Gasteiger partial charge in [0.2, 0.25) is 0 Å². The van der Waals surface area contributed by atoms with Crippen molar-refractivity contribution in [2.24, 2.45) is 0 Å². The molecular formula is C12H21ClN2OS. The Labute approximate surface area is 113 Å². The lowest BCUT2D eigenvalue weighted by atomic mass is 10.4. The molecule has 3 nitrogen and oxygen atoms in total. The van der Waals surface area contributed by atoms with Crippen LogP contribution >= 0.6 is 22.9 Å². The van der Waals surface area contributed by atoms with Crippen molar-refractivity contribution in [1.82, 2.24) is 10.2 Å². The van der Waals surface area contributed by atoms with Crippen LogP contribution in [0.1, 0.15) is 11.8 Å². The van der Waals surface area contributed by atoms with Gasteiger partial charge in [-0.05, 0) is 26.1 Å². The van der Waals surface area contributed by atoms with Crippen molar-refractivity contribution >= 4 is 22.9 Å². The van der Waals surface area contributed by atoms with Gasteiger partial charge in [-0.2, -0.15) is 0 Å². The van der Waals surface area contributed by atoms with E-state index in [1.165, 1.54) is 4.88 Å². The lowest BCUT2D eigenvalue weighted by Crippen LogP contribution is -2.30. The second-order valence-corrected chi connectivity index (χ2v) is 5.69. The molecule has 17 heavy (non-hydrogen) atoms. The summed E-state index contributed by atoms with van der Waals surface area (Å²) in [5, 5.41) is 3.35. The van der Waals surface area contributed by atoms with Gasteiger partial charge in [-0.3, -0.25) is 0 Å². The Balaban J connectivity index is 2.03. The summed E-state index contributed by atoms with van der Waals surface area (Å²) in [6.07, 6.45) is 0. The van der Waals surface area contributed by atoms with E-state index in [4.69, 9.17) is 16.3 Å². The third-order valence-corrected chi connectivity index (χ3v) is 3.57. The standard InChI is InChI=1S/C12H21ClN2OS/c1-3-16-9-7-14-6-8-15(2)10-11-4-5-12(13)17-11/h4-5,14H,3,6-10H2,1-2H3. The van der Waals surface area contributed by atoms with Crippen molar-refractivity contribution in [1.29, 1.82) is 0 Å². The Morgan fingerprint density at radius 1 is 1.41 bits per heavy atom. The van der Waals surface area contributed by atoms with Crippen molar-refractivity contribution in [3.05, 3.63) is 21.3 Å². The molecule has 0 fully saturated rings. The first-order valence-corrected chi connectivity index (χ1v) is 7.13. The Bertz CT molecular complexity index is 306. The molecule has 0 unspecified atom stereocenters. The number of halogens is 1. The van der Waals surface area contributed by atoms with Gasteiger partial charge >= 0.3 is 0 Å². The maximum absolute atomic E-state index is 5.89. The van der Waals surface area contributed by atoms with Gasteiger partial charge in [-0.15, -0.1) is 11.3 Å². The molecule has 0 saturated carbocycles. The third kappa shape index (κ3) is 7.01. The van der Waals surface area contributed by atoms with E-state index in [2.05, 4.69) is 23.3 Å². The molecule has 0 aliphatic heterocycles. The lowest BCUT2D eigenvalue weighted by molar-refractivity contribution is 0.148. The second-order valence-electron chi connectivity index (χ2n) is 3.89. The van der Waals surface area contributed by atoms with Gasteiger partial charge < -0.3 is 15.0 Å². The van der Waals surface area contributed by atoms with E-state index in [9.17, 15) is 0 Å². The molecule has 1 aromatic rings. The van der Waals surface area contributed by atoms with Crippen LogP contribution in [0.5, 0.6) is 0 Å². The summed E-state index contributed by atoms with van der Waals surface area (Å²) in [6, 6.07) is 4.04. The molecule has 0 atom stereocenters. The van der Waals surface area contributed by atoms with Crippen LogP contribution in [-0.4, -0.2) is 44.8 Å². The summed E-state index contributed by atoms with van der Waals surface area (Å²) >= 11 is 7.54. The molecule has 1 heterocycles. The monoisotopic (exact) mass is 276 g/mol. The van der Waals surface area contributed by atoms with Gasteiger partial charge in [0.25, 0.3) is 0 Å². The van der Waals surface area contributed by atoms with Gasteiger partial charge in [0.1, 0.15) is 0 Å². The van der Waals surface area contributed by atoms with Crippen LogP contribution in [0.15, 0.2) is 12.1 Å². The van der Waals surface area contributed by atoms with Gasteiger partial charge in [0, 0.05) is 37.7 Å². The molecule has 0 aliphatic rings. The van der Waals surface area contributed by atoms with E-state index >= 15 is 0 Å². The van der Waals surface area contributed by atoms with E-state index in [1.807, 2.05) is 13.0 Å². The van der Waals surface area contributed by atoms with E-state index < -0.39 is 0 Å². The molecule has 5 heteroatoms. The summed E-state index contributed by atoms with van der Waals surface area (Å²) in [4.78, 5) is 3.60. The first kappa shape index (κ1) is 14.9. The molecule has 0 amide bonds. The highest BCUT2D eigenvalue weighted by molar-refractivity contribution is 7.16. The maximum atomic E-state index is 5.89. The van der Waals surface area contributed by atoms with E-state index in [0.29, 0.717) is 0 Å². The number of ether oxygens (including phenoxy) is 1. The molecule has 0 saturated heterocycles. The number of nitrogens with one attached hydrogen (secondary N) is 1. The zero-order valence-corrected chi connectivity index (χ0v) is 12.1. The first-order valence-electron chi connectivity index (χ1n) is 5.93. The van der Waals surface area contributed by atoms with Gasteiger partial charge in [0.05, 0.1) is 10.9 Å². The molecule has 0 bridgehead atoms. The molecule has 98 valence electrons. The molecule has 0 aromatic carbocycles. The van der Waals surface area contributed by atoms with Gasteiger partial charge in [-0.1, -0.05) is 11.6 Å². The van der Waals surface area contributed by atoms with E-state index in [0.717, 1.165) is 43.7 Å². The Hall–Kier alpha value is -0.130. The normalized spacial score (nSPS) is 11.3. The minimum Gasteiger partial charge on any atom is -0.380 e. The first-order chi connectivity index (χ1) is 8.22. The quantitative estimate of drug-likeness (QED) is 0.701. The van der Waals surface area contributed by atoms with Crippen LogP contribution in [0.25, 0.3) is 0 Å². The molecule has 0 radical (unpaired) electrons. The van der Waals surface area contributed by atoms with Crippen LogP contribution in [0.2, 0.25) is 4.34 Å². The molecule has 0 aliphatic carbocycles. The number of likely N-dealkylation sites (N-methyl/N-ethyl adjacent to an activating group) is 1. The lowest BCUT2D eigenvalue weighted by Gasteiger charge is -2.15. The van der Waals surface area contributed by atoms with Crippen molar-refractivity contribution < 1.29 is 4.74 Å². The van der Waals surface area contributed by atoms with Crippen molar-refractivity contribution in [3.8, 4) is 0 Å². The van der Waals surface area contributed by atoms with Crippen molar-refractivity contribution in [2.75, 3.05) is 39.9 Å². The van der Waals surface area contributed by atoms with Crippen molar-refractivity contribution in [3.63, 3.8) is 0 Å². The number of nitrogens with zero attached hydrogens (tertiary/aromatic N) is 1. The number of hydrogen-bond donors (Lipinski definition) is 1. The summed E-state index contributed by atoms with van der Waals surface area (Å²) in [6.45, 7) is 7.50. The van der Waals surface area contributed by atoms with Crippen LogP contribution in [0.4, 0.5) is 0 Å². The Morgan fingerprint density at radius 2 is 2.24 bits per heavy atom. The maximum Gasteiger partial charge on any atom is 0.0931 e. The zero-order chi connectivity index (χ0) is 12.5. The molecular weight excluding hydrogens is 256 g/mol. The minimum atomic E-state index is 0.792. The Kier molecular flexibility index (Phi) is 7.81. The van der Waals surface area contributed by atoms with E-state index in [1.54, 1.807) is 11.3 Å². The third-order valence-electron chi connectivity index (χ3n) is 2.35. The zero-order valence-electron chi connectivity index (χ0n) is 10.5. The molecule has 0 spiro atoms. The highest BCUT2D eigenvalue weighted by Gasteiger charge is 2.02. The molecule has 1 rings (SSSR count). The molecule has 1 N–H and O–H groups in total. The van der Waals surface area contributed by atoms with Crippen LogP contribution in [0, 0.1) is 0 Å².